The first-order valence-corrected chi connectivity index (χ1v) is 11.9. The third-order valence-corrected chi connectivity index (χ3v) is 6.76. The number of piperidine rings is 1. The van der Waals surface area contributed by atoms with Gasteiger partial charge in [-0.2, -0.15) is 0 Å². The molecule has 2 aromatic carbocycles. The number of hydrogen-bond donors (Lipinski definition) is 2. The minimum Gasteiger partial charge on any atom is -0.349 e. The summed E-state index contributed by atoms with van der Waals surface area (Å²) >= 11 is 0. The Kier molecular flexibility index (Phi) is 7.00. The van der Waals surface area contributed by atoms with E-state index in [0.29, 0.717) is 37.2 Å². The standard InChI is InChI=1S/C23H29N3O4S/c1-16(2)23(28)26-14-12-19(13-15-26)24-22(27)18-6-10-21(11-7-18)31(29,30)25-20-8-4-17(3)5-9-20/h4-11,16,19,25H,12-15H2,1-3H3,(H,24,27). The zero-order valence-electron chi connectivity index (χ0n) is 18.1. The summed E-state index contributed by atoms with van der Waals surface area (Å²) in [5, 5.41) is 2.99. The molecule has 2 aromatic rings. The predicted octanol–water partition coefficient (Wildman–Crippen LogP) is 3.17. The maximum Gasteiger partial charge on any atom is 0.261 e. The van der Waals surface area contributed by atoms with Crippen molar-refractivity contribution in [3.05, 3.63) is 59.7 Å². The van der Waals surface area contributed by atoms with Crippen LogP contribution in [0.4, 0.5) is 5.69 Å². The highest BCUT2D eigenvalue weighted by Gasteiger charge is 2.25. The highest BCUT2D eigenvalue weighted by molar-refractivity contribution is 7.92. The van der Waals surface area contributed by atoms with Crippen LogP contribution < -0.4 is 10.0 Å². The van der Waals surface area contributed by atoms with Gasteiger partial charge in [-0.1, -0.05) is 31.5 Å². The molecule has 31 heavy (non-hydrogen) atoms. The predicted molar refractivity (Wildman–Crippen MR) is 120 cm³/mol. The van der Waals surface area contributed by atoms with Crippen molar-refractivity contribution in [2.75, 3.05) is 17.8 Å². The monoisotopic (exact) mass is 443 g/mol. The molecule has 0 spiro atoms. The Morgan fingerprint density at radius 3 is 2.10 bits per heavy atom. The van der Waals surface area contributed by atoms with E-state index in [4.69, 9.17) is 0 Å². The van der Waals surface area contributed by atoms with Crippen LogP contribution in [0.25, 0.3) is 0 Å². The molecule has 7 nitrogen and oxygen atoms in total. The number of nitrogens with one attached hydrogen (secondary N) is 2. The van der Waals surface area contributed by atoms with Gasteiger partial charge in [0.05, 0.1) is 4.90 Å². The lowest BCUT2D eigenvalue weighted by atomic mass is 10.0. The van der Waals surface area contributed by atoms with Crippen molar-refractivity contribution >= 4 is 27.5 Å². The Labute approximate surface area is 183 Å². The van der Waals surface area contributed by atoms with Crippen molar-refractivity contribution < 1.29 is 18.0 Å². The number of amides is 2. The summed E-state index contributed by atoms with van der Waals surface area (Å²) in [5.74, 6) is -0.133. The zero-order chi connectivity index (χ0) is 22.6. The second kappa shape index (κ2) is 9.51. The summed E-state index contributed by atoms with van der Waals surface area (Å²) in [5.41, 5.74) is 1.92. The molecule has 0 saturated carbocycles. The minimum atomic E-state index is -3.74. The first kappa shape index (κ1) is 22.8. The second-order valence-corrected chi connectivity index (χ2v) is 9.91. The number of benzene rings is 2. The lowest BCUT2D eigenvalue weighted by Gasteiger charge is -2.33. The van der Waals surface area contributed by atoms with Gasteiger partial charge in [-0.15, -0.1) is 0 Å². The van der Waals surface area contributed by atoms with Crippen molar-refractivity contribution in [1.82, 2.24) is 10.2 Å². The molecule has 166 valence electrons. The molecular formula is C23H29N3O4S. The fraction of sp³-hybridized carbons (Fsp3) is 0.391. The van der Waals surface area contributed by atoms with Crippen LogP contribution in [0.2, 0.25) is 0 Å². The van der Waals surface area contributed by atoms with E-state index in [2.05, 4.69) is 10.0 Å². The third-order valence-electron chi connectivity index (χ3n) is 5.37. The van der Waals surface area contributed by atoms with E-state index in [1.54, 1.807) is 12.1 Å². The number of aryl methyl sites for hydroxylation is 1. The Bertz CT molecular complexity index is 1020. The van der Waals surface area contributed by atoms with Crippen molar-refractivity contribution in [3.63, 3.8) is 0 Å². The maximum absolute atomic E-state index is 12.6. The van der Waals surface area contributed by atoms with Crippen LogP contribution in [-0.2, 0) is 14.8 Å². The molecule has 0 aliphatic carbocycles. The van der Waals surface area contributed by atoms with Gasteiger partial charge in [0.25, 0.3) is 15.9 Å². The summed E-state index contributed by atoms with van der Waals surface area (Å²) in [4.78, 5) is 26.6. The fourth-order valence-corrected chi connectivity index (χ4v) is 4.56. The first-order chi connectivity index (χ1) is 14.7. The molecule has 0 aromatic heterocycles. The zero-order valence-corrected chi connectivity index (χ0v) is 18.9. The number of likely N-dealkylation sites (tertiary alicyclic amines) is 1. The topological polar surface area (TPSA) is 95.6 Å². The van der Waals surface area contributed by atoms with Crippen molar-refractivity contribution in [2.24, 2.45) is 5.92 Å². The molecule has 0 atom stereocenters. The number of hydrogen-bond acceptors (Lipinski definition) is 4. The number of sulfonamides is 1. The highest BCUT2D eigenvalue weighted by atomic mass is 32.2. The first-order valence-electron chi connectivity index (χ1n) is 10.4. The molecule has 3 rings (SSSR count). The number of anilines is 1. The molecule has 1 heterocycles. The average molecular weight is 444 g/mol. The van der Waals surface area contributed by atoms with Crippen LogP contribution in [0.3, 0.4) is 0 Å². The van der Waals surface area contributed by atoms with Gasteiger partial charge in [0.15, 0.2) is 0 Å². The lowest BCUT2D eigenvalue weighted by molar-refractivity contribution is -0.135. The number of nitrogens with zero attached hydrogens (tertiary/aromatic N) is 1. The summed E-state index contributed by atoms with van der Waals surface area (Å²) in [6, 6.07) is 12.9. The van der Waals surface area contributed by atoms with Gasteiger partial charge in [0.2, 0.25) is 5.91 Å². The Morgan fingerprint density at radius 2 is 1.55 bits per heavy atom. The van der Waals surface area contributed by atoms with Crippen LogP contribution in [0.15, 0.2) is 53.4 Å². The Hall–Kier alpha value is -2.87. The Morgan fingerprint density at radius 1 is 0.968 bits per heavy atom. The van der Waals surface area contributed by atoms with E-state index >= 15 is 0 Å². The molecular weight excluding hydrogens is 414 g/mol. The summed E-state index contributed by atoms with van der Waals surface area (Å²) in [6.07, 6.45) is 1.41. The molecule has 0 bridgehead atoms. The molecule has 1 aliphatic rings. The molecule has 2 N–H and O–H groups in total. The molecule has 1 saturated heterocycles. The number of carbonyl (C=O) groups excluding carboxylic acids is 2. The number of carbonyl (C=O) groups is 2. The van der Waals surface area contributed by atoms with E-state index < -0.39 is 10.0 Å². The van der Waals surface area contributed by atoms with Crippen LogP contribution >= 0.6 is 0 Å². The molecule has 8 heteroatoms. The van der Waals surface area contributed by atoms with Crippen molar-refractivity contribution in [2.45, 2.75) is 44.6 Å². The fourth-order valence-electron chi connectivity index (χ4n) is 3.50. The Balaban J connectivity index is 1.58. The van der Waals surface area contributed by atoms with E-state index in [0.717, 1.165) is 5.56 Å². The van der Waals surface area contributed by atoms with Gasteiger partial charge in [0, 0.05) is 36.3 Å². The molecule has 0 unspecified atom stereocenters. The van der Waals surface area contributed by atoms with E-state index in [1.165, 1.54) is 24.3 Å². The van der Waals surface area contributed by atoms with Gasteiger partial charge in [-0.3, -0.25) is 14.3 Å². The largest absolute Gasteiger partial charge is 0.349 e. The minimum absolute atomic E-state index is 0.00433. The van der Waals surface area contributed by atoms with Crippen molar-refractivity contribution in [3.8, 4) is 0 Å². The maximum atomic E-state index is 12.6. The van der Waals surface area contributed by atoms with Gasteiger partial charge in [-0.25, -0.2) is 8.42 Å². The van der Waals surface area contributed by atoms with Crippen LogP contribution in [0, 0.1) is 12.8 Å². The van der Waals surface area contributed by atoms with Crippen LogP contribution in [0.5, 0.6) is 0 Å². The molecule has 0 radical (unpaired) electrons. The average Bonchev–Trinajstić information content (AvgIpc) is 2.75. The van der Waals surface area contributed by atoms with E-state index in [1.807, 2.05) is 37.8 Å². The van der Waals surface area contributed by atoms with E-state index in [-0.39, 0.29) is 28.7 Å². The summed E-state index contributed by atoms with van der Waals surface area (Å²) in [7, 11) is -3.74. The highest BCUT2D eigenvalue weighted by Crippen LogP contribution is 2.18. The van der Waals surface area contributed by atoms with Gasteiger partial charge >= 0.3 is 0 Å². The van der Waals surface area contributed by atoms with Gasteiger partial charge in [0.1, 0.15) is 0 Å². The smallest absolute Gasteiger partial charge is 0.261 e. The summed E-state index contributed by atoms with van der Waals surface area (Å²) in [6.45, 7) is 6.96. The van der Waals surface area contributed by atoms with Crippen LogP contribution in [-0.4, -0.2) is 44.3 Å². The summed E-state index contributed by atoms with van der Waals surface area (Å²) < 4.78 is 27.7. The number of rotatable bonds is 6. The SMILES string of the molecule is Cc1ccc(NS(=O)(=O)c2ccc(C(=O)NC3CCN(C(=O)C(C)C)CC3)cc2)cc1. The van der Waals surface area contributed by atoms with E-state index in [9.17, 15) is 18.0 Å². The lowest BCUT2D eigenvalue weighted by Crippen LogP contribution is -2.47. The van der Waals surface area contributed by atoms with Gasteiger partial charge < -0.3 is 10.2 Å². The van der Waals surface area contributed by atoms with Crippen LogP contribution in [0.1, 0.15) is 42.6 Å². The molecule has 2 amide bonds. The quantitative estimate of drug-likeness (QED) is 0.717. The molecule has 1 aliphatic heterocycles. The normalized spacial score (nSPS) is 15.0. The third kappa shape index (κ3) is 5.85. The van der Waals surface area contributed by atoms with Crippen molar-refractivity contribution in [1.29, 1.82) is 0 Å². The molecule has 1 fully saturated rings. The van der Waals surface area contributed by atoms with Gasteiger partial charge in [-0.05, 0) is 56.2 Å². The second-order valence-electron chi connectivity index (χ2n) is 8.22.